The van der Waals surface area contributed by atoms with Gasteiger partial charge in [0.25, 0.3) is 7.11 Å². The predicted octanol–water partition coefficient (Wildman–Crippen LogP) is 2.90. The molecule has 0 aliphatic heterocycles. The largest absolute Gasteiger partial charge is 0.342 e. The molecule has 1 fully saturated rings. The van der Waals surface area contributed by atoms with Gasteiger partial charge in [0, 0.05) is 17.6 Å². The maximum absolute atomic E-state index is 5.19. The van der Waals surface area contributed by atoms with Gasteiger partial charge in [0.05, 0.1) is 0 Å². The fourth-order valence-corrected chi connectivity index (χ4v) is 2.91. The van der Waals surface area contributed by atoms with Crippen LogP contribution in [0.5, 0.6) is 0 Å². The molecule has 0 aromatic carbocycles. The first kappa shape index (κ1) is 9.70. The molecule has 0 unspecified atom stereocenters. The monoisotopic (exact) mass is 191 g/mol. The highest BCUT2D eigenvalue weighted by Gasteiger charge is 2.74. The van der Waals surface area contributed by atoms with Gasteiger partial charge in [-0.05, 0) is 10.8 Å². The Morgan fingerprint density at radius 2 is 1.36 bits per heavy atom. The molecule has 14 heavy (non-hydrogen) atoms. The Morgan fingerprint density at radius 3 is 1.64 bits per heavy atom. The summed E-state index contributed by atoms with van der Waals surface area (Å²) in [5.41, 5.74) is 0.945. The molecule has 1 heteroatoms. The van der Waals surface area contributed by atoms with Gasteiger partial charge in [-0.25, -0.2) is 0 Å². The number of rotatable bonds is 0. The second kappa shape index (κ2) is 2.39. The summed E-state index contributed by atoms with van der Waals surface area (Å²) in [6.07, 6.45) is 8.78. The maximum atomic E-state index is 5.19. The first-order chi connectivity index (χ1) is 6.39. The molecule has 1 saturated carbocycles. The van der Waals surface area contributed by atoms with E-state index in [0.717, 1.165) is 5.78 Å². The Kier molecular flexibility index (Phi) is 1.65. The minimum absolute atomic E-state index is 0.238. The van der Waals surface area contributed by atoms with Crippen molar-refractivity contribution < 1.29 is 4.42 Å². The number of hydrogen-bond donors (Lipinski definition) is 0. The zero-order chi connectivity index (χ0) is 10.6. The van der Waals surface area contributed by atoms with Crippen molar-refractivity contribution >= 4 is 5.78 Å². The molecule has 1 spiro atoms. The first-order valence-corrected chi connectivity index (χ1v) is 5.18. The van der Waals surface area contributed by atoms with E-state index in [0.29, 0.717) is 10.8 Å². The first-order valence-electron chi connectivity index (χ1n) is 5.18. The SMILES string of the molecule is C[O+]=C1C=CC2(C=C1)C(C)(C)C2(C)C. The van der Waals surface area contributed by atoms with Crippen LogP contribution < -0.4 is 0 Å². The highest BCUT2D eigenvalue weighted by atomic mass is 16.4. The van der Waals surface area contributed by atoms with E-state index in [1.807, 2.05) is 0 Å². The van der Waals surface area contributed by atoms with Crippen LogP contribution in [0.4, 0.5) is 0 Å². The van der Waals surface area contributed by atoms with E-state index in [-0.39, 0.29) is 5.41 Å². The third-order valence-electron chi connectivity index (χ3n) is 4.83. The molecule has 1 nitrogen and oxygen atoms in total. The third kappa shape index (κ3) is 0.789. The minimum atomic E-state index is 0.238. The zero-order valence-corrected chi connectivity index (χ0v) is 9.72. The van der Waals surface area contributed by atoms with Gasteiger partial charge in [0.2, 0.25) is 0 Å². The van der Waals surface area contributed by atoms with Crippen LogP contribution in [0, 0.1) is 16.2 Å². The second-order valence-corrected chi connectivity index (χ2v) is 5.39. The molecule has 76 valence electrons. The summed E-state index contributed by atoms with van der Waals surface area (Å²) >= 11 is 0. The second-order valence-electron chi connectivity index (χ2n) is 5.39. The van der Waals surface area contributed by atoms with Crippen molar-refractivity contribution in [2.24, 2.45) is 16.2 Å². The highest BCUT2D eigenvalue weighted by Crippen LogP contribution is 2.79. The molecule has 0 amide bonds. The van der Waals surface area contributed by atoms with Gasteiger partial charge in [-0.1, -0.05) is 39.8 Å². The lowest BCUT2D eigenvalue weighted by Gasteiger charge is -2.12. The van der Waals surface area contributed by atoms with Crippen molar-refractivity contribution in [2.45, 2.75) is 27.7 Å². The lowest BCUT2D eigenvalue weighted by molar-refractivity contribution is -0.417. The highest BCUT2D eigenvalue weighted by molar-refractivity contribution is 6.01. The topological polar surface area (TPSA) is 11.3 Å². The van der Waals surface area contributed by atoms with Crippen LogP contribution in [0.3, 0.4) is 0 Å². The van der Waals surface area contributed by atoms with Crippen LogP contribution in [0.15, 0.2) is 24.3 Å². The van der Waals surface area contributed by atoms with Gasteiger partial charge in [-0.2, -0.15) is 0 Å². The summed E-state index contributed by atoms with van der Waals surface area (Å²) < 4.78 is 5.19. The van der Waals surface area contributed by atoms with E-state index in [1.165, 1.54) is 0 Å². The fraction of sp³-hybridized carbons (Fsp3) is 0.615. The van der Waals surface area contributed by atoms with Crippen LogP contribution in [0.1, 0.15) is 27.7 Å². The lowest BCUT2D eigenvalue weighted by atomic mass is 9.90. The molecule has 0 saturated heterocycles. The van der Waals surface area contributed by atoms with Crippen molar-refractivity contribution in [1.82, 2.24) is 0 Å². The van der Waals surface area contributed by atoms with Crippen LogP contribution >= 0.6 is 0 Å². The van der Waals surface area contributed by atoms with Crippen LogP contribution in [0.2, 0.25) is 0 Å². The molecule has 2 aliphatic carbocycles. The number of carbonyl (C=O) groups excluding carboxylic acids is 1. The average Bonchev–Trinajstić information content (AvgIpc) is 2.47. The molecular weight excluding hydrogens is 172 g/mol. The van der Waals surface area contributed by atoms with E-state index in [2.05, 4.69) is 52.0 Å². The molecule has 2 aliphatic rings. The minimum Gasteiger partial charge on any atom is -0.258 e. The Bertz CT molecular complexity index is 321. The van der Waals surface area contributed by atoms with E-state index in [1.54, 1.807) is 7.11 Å². The van der Waals surface area contributed by atoms with Crippen molar-refractivity contribution in [3.05, 3.63) is 24.3 Å². The zero-order valence-electron chi connectivity index (χ0n) is 9.72. The van der Waals surface area contributed by atoms with Crippen molar-refractivity contribution in [3.8, 4) is 0 Å². The van der Waals surface area contributed by atoms with E-state index >= 15 is 0 Å². The van der Waals surface area contributed by atoms with Crippen LogP contribution in [-0.2, 0) is 4.42 Å². The van der Waals surface area contributed by atoms with E-state index in [9.17, 15) is 0 Å². The number of ketones is 1. The fourth-order valence-electron chi connectivity index (χ4n) is 2.91. The number of hydrogen-bond acceptors (Lipinski definition) is 0. The van der Waals surface area contributed by atoms with Crippen molar-refractivity contribution in [2.75, 3.05) is 7.11 Å². The van der Waals surface area contributed by atoms with Gasteiger partial charge < -0.3 is 0 Å². The molecule has 0 radical (unpaired) electrons. The average molecular weight is 191 g/mol. The summed E-state index contributed by atoms with van der Waals surface area (Å²) in [5, 5.41) is 0. The van der Waals surface area contributed by atoms with E-state index in [4.69, 9.17) is 4.42 Å². The predicted molar refractivity (Wildman–Crippen MR) is 59.2 cm³/mol. The maximum Gasteiger partial charge on any atom is 0.342 e. The smallest absolute Gasteiger partial charge is 0.258 e. The summed E-state index contributed by atoms with van der Waals surface area (Å²) in [6, 6.07) is 0. The molecule has 0 N–H and O–H groups in total. The van der Waals surface area contributed by atoms with Gasteiger partial charge in [-0.3, -0.25) is 4.42 Å². The van der Waals surface area contributed by atoms with Crippen LogP contribution in [-0.4, -0.2) is 12.9 Å². The summed E-state index contributed by atoms with van der Waals surface area (Å²) in [4.78, 5) is 0. The normalized spacial score (nSPS) is 29.4. The summed E-state index contributed by atoms with van der Waals surface area (Å²) in [7, 11) is 1.71. The van der Waals surface area contributed by atoms with Gasteiger partial charge in [-0.15, -0.1) is 0 Å². The Labute approximate surface area is 86.2 Å². The quantitative estimate of drug-likeness (QED) is 0.522. The van der Waals surface area contributed by atoms with Crippen molar-refractivity contribution in [3.63, 3.8) is 0 Å². The lowest BCUT2D eigenvalue weighted by Crippen LogP contribution is -2.09. The van der Waals surface area contributed by atoms with Crippen molar-refractivity contribution in [1.29, 1.82) is 0 Å². The Morgan fingerprint density at radius 1 is 0.929 bits per heavy atom. The Balaban J connectivity index is 2.39. The van der Waals surface area contributed by atoms with Gasteiger partial charge >= 0.3 is 5.78 Å². The standard InChI is InChI=1S/C13H19O/c1-11(2)12(3,4)13(11)8-6-10(14-5)7-9-13/h6-9H,1-5H3/q+1. The number of allylic oxidation sites excluding steroid dienone is 4. The molecule has 2 rings (SSSR count). The molecule has 0 aromatic rings. The molecule has 0 atom stereocenters. The summed E-state index contributed by atoms with van der Waals surface area (Å²) in [5.74, 6) is 0.953. The van der Waals surface area contributed by atoms with E-state index < -0.39 is 0 Å². The van der Waals surface area contributed by atoms with Crippen LogP contribution in [0.25, 0.3) is 0 Å². The van der Waals surface area contributed by atoms with Gasteiger partial charge in [0.15, 0.2) is 0 Å². The molecule has 0 bridgehead atoms. The molecule has 0 heterocycles. The summed E-state index contributed by atoms with van der Waals surface area (Å²) in [6.45, 7) is 9.33. The third-order valence-corrected chi connectivity index (χ3v) is 4.83. The van der Waals surface area contributed by atoms with Gasteiger partial charge in [0.1, 0.15) is 0 Å². The Hall–Kier alpha value is -0.850. The molecule has 0 aromatic heterocycles. The molecular formula is C13H19O+.